The van der Waals surface area contributed by atoms with Gasteiger partial charge in [-0.25, -0.2) is 0 Å². The number of nitrogens with zero attached hydrogens (tertiary/aromatic N) is 1. The average Bonchev–Trinajstić information content (AvgIpc) is 2.41. The Labute approximate surface area is 136 Å². The molecule has 0 bridgehead atoms. The second kappa shape index (κ2) is 6.50. The summed E-state index contributed by atoms with van der Waals surface area (Å²) in [5.74, 6) is 0.848. The number of benzene rings is 2. The van der Waals surface area contributed by atoms with Crippen LogP contribution >= 0.6 is 31.9 Å². The molecule has 20 heavy (non-hydrogen) atoms. The molecule has 0 spiro atoms. The largest absolute Gasteiger partial charge is 0.497 e. The van der Waals surface area contributed by atoms with Crippen LogP contribution in [-0.2, 0) is 6.54 Å². The first-order chi connectivity index (χ1) is 9.51. The fourth-order valence-corrected chi connectivity index (χ4v) is 2.76. The third-order valence-corrected chi connectivity index (χ3v) is 4.33. The molecule has 0 amide bonds. The number of hydrogen-bond donors (Lipinski definition) is 1. The highest BCUT2D eigenvalue weighted by Crippen LogP contribution is 2.29. The maximum Gasteiger partial charge on any atom is 0.119 e. The summed E-state index contributed by atoms with van der Waals surface area (Å²) < 4.78 is 7.30. The number of rotatable bonds is 4. The van der Waals surface area contributed by atoms with Gasteiger partial charge in [-0.3, -0.25) is 0 Å². The van der Waals surface area contributed by atoms with E-state index in [-0.39, 0.29) is 0 Å². The highest BCUT2D eigenvalue weighted by atomic mass is 79.9. The molecule has 5 heteroatoms. The van der Waals surface area contributed by atoms with E-state index < -0.39 is 0 Å². The number of halogens is 2. The first-order valence-corrected chi connectivity index (χ1v) is 7.68. The van der Waals surface area contributed by atoms with Crippen LogP contribution in [0.1, 0.15) is 5.56 Å². The summed E-state index contributed by atoms with van der Waals surface area (Å²) in [5, 5.41) is 0. The molecule has 0 aliphatic carbocycles. The van der Waals surface area contributed by atoms with Gasteiger partial charge in [0.15, 0.2) is 0 Å². The summed E-state index contributed by atoms with van der Waals surface area (Å²) in [4.78, 5) is 2.11. The normalized spacial score (nSPS) is 10.4. The predicted molar refractivity (Wildman–Crippen MR) is 91.4 cm³/mol. The maximum atomic E-state index is 6.06. The number of ether oxygens (including phenoxy) is 1. The Morgan fingerprint density at radius 1 is 1.15 bits per heavy atom. The van der Waals surface area contributed by atoms with E-state index in [1.807, 2.05) is 43.4 Å². The average molecular weight is 400 g/mol. The third kappa shape index (κ3) is 3.46. The summed E-state index contributed by atoms with van der Waals surface area (Å²) in [6.07, 6.45) is 0. The van der Waals surface area contributed by atoms with Crippen molar-refractivity contribution < 1.29 is 4.74 Å². The van der Waals surface area contributed by atoms with Crippen LogP contribution in [0.25, 0.3) is 0 Å². The van der Waals surface area contributed by atoms with Crippen LogP contribution in [0.2, 0.25) is 0 Å². The van der Waals surface area contributed by atoms with E-state index in [2.05, 4.69) is 36.8 Å². The zero-order chi connectivity index (χ0) is 14.7. The van der Waals surface area contributed by atoms with E-state index in [4.69, 9.17) is 10.5 Å². The number of hydrogen-bond acceptors (Lipinski definition) is 3. The lowest BCUT2D eigenvalue weighted by Gasteiger charge is -2.22. The first kappa shape index (κ1) is 15.2. The minimum absolute atomic E-state index is 0.740. The van der Waals surface area contributed by atoms with Crippen LogP contribution in [-0.4, -0.2) is 14.2 Å². The fourth-order valence-electron chi connectivity index (χ4n) is 2.01. The van der Waals surface area contributed by atoms with Crippen LogP contribution < -0.4 is 15.4 Å². The van der Waals surface area contributed by atoms with E-state index in [9.17, 15) is 0 Å². The van der Waals surface area contributed by atoms with Crippen molar-refractivity contribution in [3.8, 4) is 5.75 Å². The highest BCUT2D eigenvalue weighted by molar-refractivity contribution is 9.10. The van der Waals surface area contributed by atoms with Crippen molar-refractivity contribution in [3.05, 3.63) is 50.9 Å². The van der Waals surface area contributed by atoms with Crippen molar-refractivity contribution in [2.24, 2.45) is 0 Å². The van der Waals surface area contributed by atoms with Gasteiger partial charge >= 0.3 is 0 Å². The molecule has 0 aliphatic heterocycles. The molecular formula is C15H16Br2N2O. The maximum absolute atomic E-state index is 6.06. The molecule has 0 saturated heterocycles. The lowest BCUT2D eigenvalue weighted by atomic mass is 10.2. The zero-order valence-electron chi connectivity index (χ0n) is 11.4. The summed E-state index contributed by atoms with van der Waals surface area (Å²) in [5.41, 5.74) is 8.96. The van der Waals surface area contributed by atoms with Gasteiger partial charge in [0.1, 0.15) is 5.75 Å². The van der Waals surface area contributed by atoms with E-state index in [0.29, 0.717) is 0 Å². The number of nitrogens with two attached hydrogens (primary N) is 1. The standard InChI is InChI=1S/C15H16Br2N2O/c1-19(15-6-3-11(16)8-14(15)18)9-10-7-12(20-2)4-5-13(10)17/h3-8H,9,18H2,1-2H3. The van der Waals surface area contributed by atoms with Gasteiger partial charge in [0.05, 0.1) is 18.5 Å². The van der Waals surface area contributed by atoms with E-state index >= 15 is 0 Å². The van der Waals surface area contributed by atoms with E-state index in [1.54, 1.807) is 7.11 Å². The Balaban J connectivity index is 2.25. The molecule has 0 unspecified atom stereocenters. The van der Waals surface area contributed by atoms with Crippen LogP contribution in [0.15, 0.2) is 45.3 Å². The predicted octanol–water partition coefficient (Wildman–Crippen LogP) is 4.44. The number of anilines is 2. The lowest BCUT2D eigenvalue weighted by Crippen LogP contribution is -2.18. The molecule has 0 aromatic heterocycles. The third-order valence-electron chi connectivity index (χ3n) is 3.06. The van der Waals surface area contributed by atoms with Gasteiger partial charge in [-0.2, -0.15) is 0 Å². The van der Waals surface area contributed by atoms with Gasteiger partial charge in [0, 0.05) is 22.5 Å². The minimum atomic E-state index is 0.740. The molecule has 2 rings (SSSR count). The van der Waals surface area contributed by atoms with Gasteiger partial charge in [-0.1, -0.05) is 31.9 Å². The van der Waals surface area contributed by atoms with Crippen molar-refractivity contribution in [2.45, 2.75) is 6.54 Å². The Morgan fingerprint density at radius 3 is 2.55 bits per heavy atom. The lowest BCUT2D eigenvalue weighted by molar-refractivity contribution is 0.414. The van der Waals surface area contributed by atoms with Gasteiger partial charge < -0.3 is 15.4 Å². The van der Waals surface area contributed by atoms with E-state index in [0.717, 1.165) is 38.2 Å². The van der Waals surface area contributed by atoms with Gasteiger partial charge in [0.2, 0.25) is 0 Å². The van der Waals surface area contributed by atoms with Crippen LogP contribution in [0.4, 0.5) is 11.4 Å². The van der Waals surface area contributed by atoms with Crippen molar-refractivity contribution in [3.63, 3.8) is 0 Å². The minimum Gasteiger partial charge on any atom is -0.497 e. The number of nitrogen functional groups attached to an aromatic ring is 1. The molecule has 2 N–H and O–H groups in total. The highest BCUT2D eigenvalue weighted by Gasteiger charge is 2.09. The molecule has 0 saturated carbocycles. The van der Waals surface area contributed by atoms with Crippen molar-refractivity contribution in [1.82, 2.24) is 0 Å². The monoisotopic (exact) mass is 398 g/mol. The quantitative estimate of drug-likeness (QED) is 0.772. The molecule has 2 aromatic carbocycles. The number of methoxy groups -OCH3 is 1. The SMILES string of the molecule is COc1ccc(Br)c(CN(C)c2ccc(Br)cc2N)c1. The smallest absolute Gasteiger partial charge is 0.119 e. The molecule has 0 atom stereocenters. The molecular weight excluding hydrogens is 384 g/mol. The van der Waals surface area contributed by atoms with E-state index in [1.165, 1.54) is 0 Å². The van der Waals surface area contributed by atoms with Crippen LogP contribution in [0.5, 0.6) is 5.75 Å². The fraction of sp³-hybridized carbons (Fsp3) is 0.200. The second-order valence-electron chi connectivity index (χ2n) is 4.52. The Morgan fingerprint density at radius 2 is 1.90 bits per heavy atom. The molecule has 3 nitrogen and oxygen atoms in total. The Hall–Kier alpha value is -1.20. The Bertz CT molecular complexity index is 617. The molecule has 0 heterocycles. The summed E-state index contributed by atoms with van der Waals surface area (Å²) in [6, 6.07) is 11.9. The molecule has 0 aliphatic rings. The molecule has 106 valence electrons. The molecule has 0 fully saturated rings. The zero-order valence-corrected chi connectivity index (χ0v) is 14.5. The first-order valence-electron chi connectivity index (χ1n) is 6.10. The summed E-state index contributed by atoms with van der Waals surface area (Å²) >= 11 is 6.99. The van der Waals surface area contributed by atoms with Crippen molar-refractivity contribution >= 4 is 43.2 Å². The van der Waals surface area contributed by atoms with Crippen molar-refractivity contribution in [2.75, 3.05) is 24.8 Å². The molecule has 2 aromatic rings. The van der Waals surface area contributed by atoms with Crippen LogP contribution in [0, 0.1) is 0 Å². The van der Waals surface area contributed by atoms with Crippen LogP contribution in [0.3, 0.4) is 0 Å². The summed E-state index contributed by atoms with van der Waals surface area (Å²) in [6.45, 7) is 0.740. The van der Waals surface area contributed by atoms with Gasteiger partial charge in [0.25, 0.3) is 0 Å². The second-order valence-corrected chi connectivity index (χ2v) is 6.29. The van der Waals surface area contributed by atoms with Gasteiger partial charge in [-0.05, 0) is 42.0 Å². The van der Waals surface area contributed by atoms with Gasteiger partial charge in [-0.15, -0.1) is 0 Å². The summed E-state index contributed by atoms with van der Waals surface area (Å²) in [7, 11) is 3.69. The van der Waals surface area contributed by atoms with Crippen molar-refractivity contribution in [1.29, 1.82) is 0 Å². The topological polar surface area (TPSA) is 38.5 Å². The Kier molecular flexibility index (Phi) is 4.94. The molecule has 0 radical (unpaired) electrons.